The highest BCUT2D eigenvalue weighted by molar-refractivity contribution is 7.99. The van der Waals surface area contributed by atoms with Gasteiger partial charge in [-0.25, -0.2) is 0 Å². The molecular weight excluding hydrogens is 156 g/mol. The van der Waals surface area contributed by atoms with E-state index >= 15 is 0 Å². The lowest BCUT2D eigenvalue weighted by Gasteiger charge is -2.16. The van der Waals surface area contributed by atoms with Crippen LogP contribution in [0.4, 0.5) is 0 Å². The van der Waals surface area contributed by atoms with Crippen molar-refractivity contribution in [2.75, 3.05) is 11.5 Å². The van der Waals surface area contributed by atoms with E-state index < -0.39 is 0 Å². The molecule has 66 valence electrons. The number of carbonyl (C=O) groups excluding carboxylic acids is 1. The molecule has 0 aromatic rings. The Morgan fingerprint density at radius 2 is 1.91 bits per heavy atom. The molecule has 0 aromatic carbocycles. The highest BCUT2D eigenvalue weighted by Gasteiger charge is 2.10. The van der Waals surface area contributed by atoms with Crippen LogP contribution in [0.1, 0.15) is 34.1 Å². The zero-order valence-corrected chi connectivity index (χ0v) is 8.75. The lowest BCUT2D eigenvalue weighted by molar-refractivity contribution is -0.116. The summed E-state index contributed by atoms with van der Waals surface area (Å²) < 4.78 is 0. The van der Waals surface area contributed by atoms with Gasteiger partial charge >= 0.3 is 0 Å². The molecule has 0 radical (unpaired) electrons. The first-order chi connectivity index (χ1) is 4.95. The Balaban J connectivity index is 3.35. The molecule has 0 heterocycles. The number of carbonyl (C=O) groups is 1. The van der Waals surface area contributed by atoms with Crippen LogP contribution in [0.5, 0.6) is 0 Å². The van der Waals surface area contributed by atoms with E-state index in [1.165, 1.54) is 0 Å². The minimum absolute atomic E-state index is 0.346. The number of thioether (sulfide) groups is 1. The van der Waals surface area contributed by atoms with Gasteiger partial charge in [-0.3, -0.25) is 4.79 Å². The fourth-order valence-electron chi connectivity index (χ4n) is 0.573. The van der Waals surface area contributed by atoms with E-state index in [0.717, 1.165) is 5.75 Å². The van der Waals surface area contributed by atoms with Crippen molar-refractivity contribution in [3.05, 3.63) is 0 Å². The van der Waals surface area contributed by atoms with Crippen LogP contribution >= 0.6 is 11.8 Å². The molecule has 0 aromatic heterocycles. The zero-order valence-electron chi connectivity index (χ0n) is 7.94. The molecule has 11 heavy (non-hydrogen) atoms. The van der Waals surface area contributed by atoms with Gasteiger partial charge in [-0.05, 0) is 11.2 Å². The second-order valence-corrected chi connectivity index (χ2v) is 4.93. The molecule has 0 aliphatic carbocycles. The first-order valence-electron chi connectivity index (χ1n) is 4.05. The zero-order chi connectivity index (χ0) is 8.91. The van der Waals surface area contributed by atoms with E-state index in [-0.39, 0.29) is 0 Å². The summed E-state index contributed by atoms with van der Waals surface area (Å²) in [7, 11) is 0. The highest BCUT2D eigenvalue weighted by Crippen LogP contribution is 2.20. The van der Waals surface area contributed by atoms with Crippen molar-refractivity contribution in [2.24, 2.45) is 5.41 Å². The summed E-state index contributed by atoms with van der Waals surface area (Å²) in [4.78, 5) is 10.9. The van der Waals surface area contributed by atoms with Crippen molar-refractivity contribution in [2.45, 2.75) is 34.1 Å². The van der Waals surface area contributed by atoms with Gasteiger partial charge in [0.15, 0.2) is 0 Å². The molecule has 1 nitrogen and oxygen atoms in total. The Hall–Kier alpha value is 0.0200. The van der Waals surface area contributed by atoms with E-state index in [1.54, 1.807) is 11.8 Å². The second-order valence-electron chi connectivity index (χ2n) is 3.95. The highest BCUT2D eigenvalue weighted by atomic mass is 32.2. The van der Waals surface area contributed by atoms with Crippen molar-refractivity contribution < 1.29 is 4.79 Å². The van der Waals surface area contributed by atoms with Crippen molar-refractivity contribution in [3.63, 3.8) is 0 Å². The number of hydrogen-bond acceptors (Lipinski definition) is 2. The third-order valence-electron chi connectivity index (χ3n) is 1.19. The number of rotatable bonds is 4. The van der Waals surface area contributed by atoms with Crippen LogP contribution in [-0.4, -0.2) is 17.3 Å². The van der Waals surface area contributed by atoms with Crippen LogP contribution in [0.3, 0.4) is 0 Å². The number of Topliss-reactive ketones (excluding diaryl/α,β-unsaturated/α-hetero) is 1. The molecule has 0 N–H and O–H groups in total. The SMILES string of the molecule is CCC(=O)CSCC(C)(C)C. The van der Waals surface area contributed by atoms with E-state index in [4.69, 9.17) is 0 Å². The molecule has 0 aliphatic heterocycles. The number of ketones is 1. The summed E-state index contributed by atoms with van der Waals surface area (Å²) in [6, 6.07) is 0. The summed E-state index contributed by atoms with van der Waals surface area (Å²) in [5.41, 5.74) is 0.346. The fraction of sp³-hybridized carbons (Fsp3) is 0.889. The summed E-state index contributed by atoms with van der Waals surface area (Å²) in [6.45, 7) is 8.49. The average Bonchev–Trinajstić information content (AvgIpc) is 1.85. The molecular formula is C9H18OS. The van der Waals surface area contributed by atoms with E-state index in [0.29, 0.717) is 23.4 Å². The Morgan fingerprint density at radius 3 is 2.27 bits per heavy atom. The van der Waals surface area contributed by atoms with E-state index in [9.17, 15) is 4.79 Å². The van der Waals surface area contributed by atoms with Crippen molar-refractivity contribution in [1.82, 2.24) is 0 Å². The third-order valence-corrected chi connectivity index (χ3v) is 2.79. The van der Waals surface area contributed by atoms with Crippen LogP contribution in [0.15, 0.2) is 0 Å². The molecule has 0 spiro atoms. The lowest BCUT2D eigenvalue weighted by atomic mass is 10.0. The van der Waals surface area contributed by atoms with Crippen LogP contribution in [-0.2, 0) is 4.79 Å². The summed E-state index contributed by atoms with van der Waals surface area (Å²) in [5, 5.41) is 0. The van der Waals surface area contributed by atoms with Crippen LogP contribution in [0, 0.1) is 5.41 Å². The molecule has 0 bridgehead atoms. The quantitative estimate of drug-likeness (QED) is 0.652. The maximum atomic E-state index is 10.9. The Labute approximate surface area is 73.9 Å². The molecule has 2 heteroatoms. The second kappa shape index (κ2) is 4.81. The molecule has 0 saturated carbocycles. The maximum absolute atomic E-state index is 10.9. The molecule has 0 unspecified atom stereocenters. The number of hydrogen-bond donors (Lipinski definition) is 0. The molecule has 0 saturated heterocycles. The topological polar surface area (TPSA) is 17.1 Å². The molecule has 0 aliphatic rings. The van der Waals surface area contributed by atoms with E-state index in [2.05, 4.69) is 20.8 Å². The van der Waals surface area contributed by atoms with Gasteiger partial charge in [-0.1, -0.05) is 27.7 Å². The van der Waals surface area contributed by atoms with Gasteiger partial charge in [-0.15, -0.1) is 0 Å². The Bertz CT molecular complexity index is 124. The third kappa shape index (κ3) is 7.92. The molecule has 0 fully saturated rings. The van der Waals surface area contributed by atoms with Crippen molar-refractivity contribution in [1.29, 1.82) is 0 Å². The molecule has 0 rings (SSSR count). The normalized spacial score (nSPS) is 11.6. The van der Waals surface area contributed by atoms with Gasteiger partial charge < -0.3 is 0 Å². The average molecular weight is 174 g/mol. The summed E-state index contributed by atoms with van der Waals surface area (Å²) in [5.74, 6) is 2.12. The predicted molar refractivity (Wildman–Crippen MR) is 52.1 cm³/mol. The van der Waals surface area contributed by atoms with Crippen LogP contribution in [0.2, 0.25) is 0 Å². The van der Waals surface area contributed by atoms with Crippen LogP contribution in [0.25, 0.3) is 0 Å². The smallest absolute Gasteiger partial charge is 0.142 e. The first-order valence-corrected chi connectivity index (χ1v) is 5.20. The minimum atomic E-state index is 0.346. The van der Waals surface area contributed by atoms with Gasteiger partial charge in [0.2, 0.25) is 0 Å². The standard InChI is InChI=1S/C9H18OS/c1-5-8(10)6-11-7-9(2,3)4/h5-7H2,1-4H3. The first kappa shape index (κ1) is 11.0. The van der Waals surface area contributed by atoms with Gasteiger partial charge in [-0.2, -0.15) is 11.8 Å². The summed E-state index contributed by atoms with van der Waals surface area (Å²) >= 11 is 1.74. The van der Waals surface area contributed by atoms with Gasteiger partial charge in [0.05, 0.1) is 5.75 Å². The van der Waals surface area contributed by atoms with Crippen molar-refractivity contribution in [3.8, 4) is 0 Å². The monoisotopic (exact) mass is 174 g/mol. The minimum Gasteiger partial charge on any atom is -0.299 e. The lowest BCUT2D eigenvalue weighted by Crippen LogP contribution is -2.10. The summed E-state index contributed by atoms with van der Waals surface area (Å²) in [6.07, 6.45) is 0.678. The fourth-order valence-corrected chi connectivity index (χ4v) is 1.72. The van der Waals surface area contributed by atoms with Crippen LogP contribution < -0.4 is 0 Å². The maximum Gasteiger partial charge on any atom is 0.142 e. The van der Waals surface area contributed by atoms with Gasteiger partial charge in [0.1, 0.15) is 5.78 Å². The predicted octanol–water partition coefficient (Wildman–Crippen LogP) is 2.74. The van der Waals surface area contributed by atoms with E-state index in [1.807, 2.05) is 6.92 Å². The molecule has 0 amide bonds. The Kier molecular flexibility index (Phi) is 4.82. The van der Waals surface area contributed by atoms with Gasteiger partial charge in [0.25, 0.3) is 0 Å². The largest absolute Gasteiger partial charge is 0.299 e. The van der Waals surface area contributed by atoms with Gasteiger partial charge in [0, 0.05) is 6.42 Å². The van der Waals surface area contributed by atoms with Crippen molar-refractivity contribution >= 4 is 17.5 Å². The molecule has 0 atom stereocenters. The Morgan fingerprint density at radius 1 is 1.36 bits per heavy atom.